The first-order chi connectivity index (χ1) is 17.8. The molecule has 0 aliphatic heterocycles. The molecular formula is C34H72O2. The topological polar surface area (TPSA) is 40.5 Å². The van der Waals surface area contributed by atoms with E-state index in [1.165, 1.54) is 180 Å². The van der Waals surface area contributed by atoms with E-state index in [4.69, 9.17) is 5.11 Å². The second kappa shape index (κ2) is 37.1. The molecule has 0 amide bonds. The lowest BCUT2D eigenvalue weighted by Gasteiger charge is -2.13. The highest BCUT2D eigenvalue weighted by molar-refractivity contribution is 4.60. The molecule has 0 saturated heterocycles. The van der Waals surface area contributed by atoms with Crippen LogP contribution in [0.15, 0.2) is 0 Å². The Hall–Kier alpha value is -0.0800. The van der Waals surface area contributed by atoms with Gasteiger partial charge in [-0.1, -0.05) is 181 Å². The monoisotopic (exact) mass is 513 g/mol. The van der Waals surface area contributed by atoms with Crippen LogP contribution < -0.4 is 0 Å². The average Bonchev–Trinajstić information content (AvgIpc) is 2.88. The second-order valence-corrected chi connectivity index (χ2v) is 11.4. The maximum Gasteiger partial charge on any atom is 0.0459 e. The molecule has 0 aliphatic rings. The van der Waals surface area contributed by atoms with Gasteiger partial charge in [0.1, 0.15) is 0 Å². The maximum absolute atomic E-state index is 9.71. The van der Waals surface area contributed by atoms with E-state index < -0.39 is 0 Å². The fourth-order valence-electron chi connectivity index (χ4n) is 5.23. The Morgan fingerprint density at radius 3 is 0.722 bits per heavy atom. The van der Waals surface area contributed by atoms with Crippen molar-refractivity contribution < 1.29 is 10.2 Å². The molecule has 0 radical (unpaired) electrons. The van der Waals surface area contributed by atoms with Gasteiger partial charge in [0.15, 0.2) is 0 Å². The summed E-state index contributed by atoms with van der Waals surface area (Å²) in [5.41, 5.74) is 0. The van der Waals surface area contributed by atoms with Crippen molar-refractivity contribution in [3.63, 3.8) is 0 Å². The predicted octanol–water partition coefficient (Wildman–Crippen LogP) is 11.6. The molecule has 0 aromatic rings. The largest absolute Gasteiger partial charge is 0.397 e. The van der Waals surface area contributed by atoms with Crippen LogP contribution in [-0.2, 0) is 0 Å². The number of aliphatic hydroxyl groups excluding tert-OH is 2. The van der Waals surface area contributed by atoms with Crippen molar-refractivity contribution in [3.05, 3.63) is 0 Å². The van der Waals surface area contributed by atoms with Crippen LogP contribution in [0.5, 0.6) is 0 Å². The molecule has 0 aromatic carbocycles. The zero-order chi connectivity index (χ0) is 26.8. The molecule has 0 fully saturated rings. The van der Waals surface area contributed by atoms with Gasteiger partial charge in [-0.15, -0.1) is 0 Å². The summed E-state index contributed by atoms with van der Waals surface area (Å²) >= 11 is 0. The highest BCUT2D eigenvalue weighted by atomic mass is 16.3. The van der Waals surface area contributed by atoms with Gasteiger partial charge < -0.3 is 10.2 Å². The maximum atomic E-state index is 9.71. The fourth-order valence-corrected chi connectivity index (χ4v) is 5.23. The molecule has 2 N–H and O–H groups in total. The van der Waals surface area contributed by atoms with Crippen LogP contribution in [0, 0.1) is 5.92 Å². The molecule has 36 heavy (non-hydrogen) atoms. The van der Waals surface area contributed by atoms with E-state index in [9.17, 15) is 5.11 Å². The number of hydrogen-bond donors (Lipinski definition) is 2. The van der Waals surface area contributed by atoms with E-state index >= 15 is 0 Å². The van der Waals surface area contributed by atoms with Crippen LogP contribution in [0.3, 0.4) is 0 Å². The van der Waals surface area contributed by atoms with Crippen LogP contribution in [0.1, 0.15) is 201 Å². The van der Waals surface area contributed by atoms with Crippen molar-refractivity contribution in [2.45, 2.75) is 201 Å². The summed E-state index contributed by atoms with van der Waals surface area (Å²) in [7, 11) is 0. The van der Waals surface area contributed by atoms with E-state index in [1.54, 1.807) is 6.92 Å². The van der Waals surface area contributed by atoms with E-state index in [1.807, 2.05) is 0 Å². The first kappa shape index (κ1) is 38.1. The van der Waals surface area contributed by atoms with Crippen molar-refractivity contribution in [3.8, 4) is 0 Å². The molecule has 2 heteroatoms. The summed E-state index contributed by atoms with van der Waals surface area (Å²) in [6.45, 7) is 6.94. The summed E-state index contributed by atoms with van der Waals surface area (Å²) in [5.74, 6) is 0.574. The highest BCUT2D eigenvalue weighted by Gasteiger charge is 2.07. The standard InChI is InChI=1S/C32H66O.C2H6O/c1-3-5-7-9-11-13-15-17-18-20-22-24-26-28-30-32(31-33)29-27-25-23-21-19-16-14-12-10-8-6-4-2;1-2-3/h32-33H,3-31H2,1-2H3;3H,2H2,1H3. The van der Waals surface area contributed by atoms with Crippen molar-refractivity contribution in [1.29, 1.82) is 0 Å². The lowest BCUT2D eigenvalue weighted by Crippen LogP contribution is -2.06. The third-order valence-corrected chi connectivity index (χ3v) is 7.69. The molecule has 1 unspecified atom stereocenters. The summed E-state index contributed by atoms with van der Waals surface area (Å²) in [4.78, 5) is 0. The summed E-state index contributed by atoms with van der Waals surface area (Å²) < 4.78 is 0. The number of hydrogen-bond acceptors (Lipinski definition) is 2. The molecule has 0 saturated carbocycles. The average molecular weight is 513 g/mol. The summed E-state index contributed by atoms with van der Waals surface area (Å²) in [6.07, 6.45) is 39.5. The van der Waals surface area contributed by atoms with Crippen molar-refractivity contribution in [2.75, 3.05) is 13.2 Å². The number of rotatable bonds is 29. The van der Waals surface area contributed by atoms with E-state index in [2.05, 4.69) is 13.8 Å². The first-order valence-electron chi connectivity index (χ1n) is 17.0. The molecule has 220 valence electrons. The highest BCUT2D eigenvalue weighted by Crippen LogP contribution is 2.20. The fraction of sp³-hybridized carbons (Fsp3) is 1.00. The van der Waals surface area contributed by atoms with E-state index in [0.29, 0.717) is 12.5 Å². The van der Waals surface area contributed by atoms with Crippen LogP contribution in [0.4, 0.5) is 0 Å². The zero-order valence-electron chi connectivity index (χ0n) is 25.7. The molecule has 0 aromatic heterocycles. The van der Waals surface area contributed by atoms with Gasteiger partial charge in [-0.3, -0.25) is 0 Å². The molecule has 0 spiro atoms. The Balaban J connectivity index is 0. The predicted molar refractivity (Wildman–Crippen MR) is 164 cm³/mol. The lowest BCUT2D eigenvalue weighted by atomic mass is 9.94. The van der Waals surface area contributed by atoms with Gasteiger partial charge in [0.05, 0.1) is 0 Å². The Morgan fingerprint density at radius 1 is 0.333 bits per heavy atom. The van der Waals surface area contributed by atoms with Gasteiger partial charge in [-0.05, 0) is 25.7 Å². The molecule has 0 rings (SSSR count). The quantitative estimate of drug-likeness (QED) is 0.0978. The molecule has 0 heterocycles. The minimum Gasteiger partial charge on any atom is -0.397 e. The normalized spacial score (nSPS) is 11.9. The van der Waals surface area contributed by atoms with Crippen LogP contribution in [-0.4, -0.2) is 23.4 Å². The minimum atomic E-state index is 0.250. The van der Waals surface area contributed by atoms with Gasteiger partial charge in [0.25, 0.3) is 0 Å². The third kappa shape index (κ3) is 36.1. The Bertz CT molecular complexity index is 344. The van der Waals surface area contributed by atoms with Gasteiger partial charge in [-0.25, -0.2) is 0 Å². The SMILES string of the molecule is CCCCCCCCCCCCCCCCC(CO)CCCCCCCCCCCCCC.CCO. The molecular weight excluding hydrogens is 440 g/mol. The van der Waals surface area contributed by atoms with Crippen LogP contribution in [0.2, 0.25) is 0 Å². The van der Waals surface area contributed by atoms with Crippen LogP contribution in [0.25, 0.3) is 0 Å². The van der Waals surface area contributed by atoms with E-state index in [0.717, 1.165) is 0 Å². The molecule has 1 atom stereocenters. The second-order valence-electron chi connectivity index (χ2n) is 11.4. The minimum absolute atomic E-state index is 0.250. The van der Waals surface area contributed by atoms with Crippen molar-refractivity contribution in [2.24, 2.45) is 5.92 Å². The smallest absolute Gasteiger partial charge is 0.0459 e. The summed E-state index contributed by atoms with van der Waals surface area (Å²) in [6, 6.07) is 0. The Labute approximate surface area is 229 Å². The molecule has 0 aliphatic carbocycles. The Morgan fingerprint density at radius 2 is 0.528 bits per heavy atom. The number of aliphatic hydroxyl groups is 2. The van der Waals surface area contributed by atoms with Gasteiger partial charge in [0.2, 0.25) is 0 Å². The molecule has 0 bridgehead atoms. The lowest BCUT2D eigenvalue weighted by molar-refractivity contribution is 0.204. The van der Waals surface area contributed by atoms with E-state index in [-0.39, 0.29) is 6.61 Å². The number of unbranched alkanes of at least 4 members (excludes halogenated alkanes) is 24. The first-order valence-corrected chi connectivity index (χ1v) is 17.0. The van der Waals surface area contributed by atoms with Gasteiger partial charge in [0, 0.05) is 13.2 Å². The molecule has 2 nitrogen and oxygen atoms in total. The van der Waals surface area contributed by atoms with Crippen molar-refractivity contribution in [1.82, 2.24) is 0 Å². The van der Waals surface area contributed by atoms with Gasteiger partial charge in [-0.2, -0.15) is 0 Å². The van der Waals surface area contributed by atoms with Crippen molar-refractivity contribution >= 4 is 0 Å². The van der Waals surface area contributed by atoms with Crippen LogP contribution >= 0.6 is 0 Å². The summed E-state index contributed by atoms with van der Waals surface area (Å²) in [5, 5.41) is 17.3. The zero-order valence-corrected chi connectivity index (χ0v) is 25.7. The van der Waals surface area contributed by atoms with Gasteiger partial charge >= 0.3 is 0 Å². The third-order valence-electron chi connectivity index (χ3n) is 7.69. The Kier molecular flexibility index (Phi) is 39.2.